The van der Waals surface area contributed by atoms with Gasteiger partial charge >= 0.3 is 5.97 Å². The van der Waals surface area contributed by atoms with Gasteiger partial charge in [-0.05, 0) is 12.1 Å². The van der Waals surface area contributed by atoms with Crippen LogP contribution in [0.15, 0.2) is 18.3 Å². The molecule has 0 radical (unpaired) electrons. The molecule has 1 heterocycles. The SMILES string of the molecule is NS(=O)(=O)CCNc1ccc(C(=O)O)nc1. The Bertz CT molecular complexity index is 469. The van der Waals surface area contributed by atoms with Crippen LogP contribution in [0.5, 0.6) is 0 Å². The number of primary sulfonamides is 1. The van der Waals surface area contributed by atoms with Gasteiger partial charge in [-0.2, -0.15) is 0 Å². The first-order valence-electron chi connectivity index (χ1n) is 4.32. The van der Waals surface area contributed by atoms with Gasteiger partial charge in [0.25, 0.3) is 0 Å². The fraction of sp³-hybridized carbons (Fsp3) is 0.250. The minimum absolute atomic E-state index is 0.0722. The third kappa shape index (κ3) is 4.24. The predicted octanol–water partition coefficient (Wildman–Crippen LogP) is -0.520. The maximum absolute atomic E-state index is 10.6. The van der Waals surface area contributed by atoms with E-state index in [-0.39, 0.29) is 18.0 Å². The summed E-state index contributed by atoms with van der Waals surface area (Å²) in [6.07, 6.45) is 1.31. The van der Waals surface area contributed by atoms with Gasteiger partial charge in [0, 0.05) is 6.54 Å². The molecule has 0 saturated carbocycles. The Morgan fingerprint density at radius 2 is 2.19 bits per heavy atom. The number of carbonyl (C=O) groups is 1. The van der Waals surface area contributed by atoms with Crippen LogP contribution in [0.3, 0.4) is 0 Å². The zero-order chi connectivity index (χ0) is 12.2. The third-order valence-electron chi connectivity index (χ3n) is 1.70. The highest BCUT2D eigenvalue weighted by Gasteiger charge is 2.04. The summed E-state index contributed by atoms with van der Waals surface area (Å²) < 4.78 is 21.2. The van der Waals surface area contributed by atoms with Crippen molar-refractivity contribution in [2.24, 2.45) is 5.14 Å². The number of hydrogen-bond acceptors (Lipinski definition) is 5. The number of hydrogen-bond donors (Lipinski definition) is 3. The molecule has 0 bridgehead atoms. The largest absolute Gasteiger partial charge is 0.477 e. The lowest BCUT2D eigenvalue weighted by Gasteiger charge is -2.04. The molecule has 16 heavy (non-hydrogen) atoms. The van der Waals surface area contributed by atoms with E-state index in [0.717, 1.165) is 0 Å². The van der Waals surface area contributed by atoms with Crippen LogP contribution in [-0.2, 0) is 10.0 Å². The Kier molecular flexibility index (Phi) is 3.80. The van der Waals surface area contributed by atoms with Crippen molar-refractivity contribution < 1.29 is 18.3 Å². The topological polar surface area (TPSA) is 122 Å². The third-order valence-corrected chi connectivity index (χ3v) is 2.47. The maximum Gasteiger partial charge on any atom is 0.354 e. The number of rotatable bonds is 5. The first-order valence-corrected chi connectivity index (χ1v) is 6.04. The molecule has 8 heteroatoms. The minimum Gasteiger partial charge on any atom is -0.477 e. The summed E-state index contributed by atoms with van der Waals surface area (Å²) in [6.45, 7) is 0.146. The molecule has 7 nitrogen and oxygen atoms in total. The summed E-state index contributed by atoms with van der Waals surface area (Å²) in [6, 6.07) is 2.82. The highest BCUT2D eigenvalue weighted by Crippen LogP contribution is 2.05. The van der Waals surface area contributed by atoms with Gasteiger partial charge in [0.1, 0.15) is 5.69 Å². The fourth-order valence-electron chi connectivity index (χ4n) is 0.963. The van der Waals surface area contributed by atoms with E-state index in [1.165, 1.54) is 18.3 Å². The summed E-state index contributed by atoms with van der Waals surface area (Å²) in [7, 11) is -3.49. The van der Waals surface area contributed by atoms with Gasteiger partial charge in [-0.15, -0.1) is 0 Å². The Balaban J connectivity index is 2.53. The number of carboxylic acid groups (broad SMARTS) is 1. The number of nitrogens with one attached hydrogen (secondary N) is 1. The first kappa shape index (κ1) is 12.4. The number of aromatic carboxylic acids is 1. The molecular formula is C8H11N3O4S. The molecule has 0 aliphatic heterocycles. The van der Waals surface area contributed by atoms with Gasteiger partial charge in [-0.3, -0.25) is 0 Å². The van der Waals surface area contributed by atoms with Crippen molar-refractivity contribution in [1.29, 1.82) is 0 Å². The van der Waals surface area contributed by atoms with Crippen LogP contribution in [-0.4, -0.2) is 36.8 Å². The molecule has 1 aromatic heterocycles. The molecule has 0 aliphatic rings. The van der Waals surface area contributed by atoms with Crippen LogP contribution in [0.1, 0.15) is 10.5 Å². The quantitative estimate of drug-likeness (QED) is 0.641. The van der Waals surface area contributed by atoms with E-state index in [2.05, 4.69) is 10.3 Å². The molecule has 0 aliphatic carbocycles. The molecule has 0 saturated heterocycles. The lowest BCUT2D eigenvalue weighted by atomic mass is 10.3. The number of nitrogens with zero attached hydrogens (tertiary/aromatic N) is 1. The number of anilines is 1. The Morgan fingerprint density at radius 3 is 2.62 bits per heavy atom. The summed E-state index contributed by atoms with van der Waals surface area (Å²) in [5.41, 5.74) is 0.464. The smallest absolute Gasteiger partial charge is 0.354 e. The van der Waals surface area contributed by atoms with Crippen LogP contribution < -0.4 is 10.5 Å². The van der Waals surface area contributed by atoms with Crippen LogP contribution in [0.4, 0.5) is 5.69 Å². The molecular weight excluding hydrogens is 234 g/mol. The van der Waals surface area contributed by atoms with Crippen molar-refractivity contribution in [3.8, 4) is 0 Å². The molecule has 0 aromatic carbocycles. The summed E-state index contributed by atoms with van der Waals surface area (Å²) in [5, 5.41) is 16.1. The Hall–Kier alpha value is -1.67. The second-order valence-corrected chi connectivity index (χ2v) is 4.76. The average Bonchev–Trinajstić information content (AvgIpc) is 2.16. The lowest BCUT2D eigenvalue weighted by Crippen LogP contribution is -2.22. The van der Waals surface area contributed by atoms with Crippen LogP contribution in [0, 0.1) is 0 Å². The Morgan fingerprint density at radius 1 is 1.50 bits per heavy atom. The zero-order valence-electron chi connectivity index (χ0n) is 8.25. The lowest BCUT2D eigenvalue weighted by molar-refractivity contribution is 0.0690. The van der Waals surface area contributed by atoms with Gasteiger partial charge in [-0.1, -0.05) is 0 Å². The first-order chi connectivity index (χ1) is 7.38. The van der Waals surface area contributed by atoms with Crippen molar-refractivity contribution in [2.45, 2.75) is 0 Å². The summed E-state index contributed by atoms with van der Waals surface area (Å²) in [4.78, 5) is 14.1. The standard InChI is InChI=1S/C8H11N3O4S/c9-16(14,15)4-3-10-6-1-2-7(8(12)13)11-5-6/h1-2,5,10H,3-4H2,(H,12,13)(H2,9,14,15). The van der Waals surface area contributed by atoms with E-state index in [0.29, 0.717) is 5.69 Å². The minimum atomic E-state index is -3.49. The van der Waals surface area contributed by atoms with Crippen LogP contribution >= 0.6 is 0 Å². The molecule has 88 valence electrons. The second kappa shape index (κ2) is 4.90. The summed E-state index contributed by atoms with van der Waals surface area (Å²) in [5.74, 6) is -1.32. The van der Waals surface area contributed by atoms with Gasteiger partial charge in [0.15, 0.2) is 0 Å². The Labute approximate surface area is 92.4 Å². The molecule has 0 atom stereocenters. The zero-order valence-corrected chi connectivity index (χ0v) is 9.07. The predicted molar refractivity (Wildman–Crippen MR) is 57.7 cm³/mol. The normalized spacial score (nSPS) is 11.1. The van der Waals surface area contributed by atoms with Crippen molar-refractivity contribution in [3.63, 3.8) is 0 Å². The number of sulfonamides is 1. The number of carboxylic acids is 1. The summed E-state index contributed by atoms with van der Waals surface area (Å²) >= 11 is 0. The van der Waals surface area contributed by atoms with E-state index in [9.17, 15) is 13.2 Å². The van der Waals surface area contributed by atoms with E-state index >= 15 is 0 Å². The van der Waals surface area contributed by atoms with Crippen molar-refractivity contribution in [2.75, 3.05) is 17.6 Å². The van der Waals surface area contributed by atoms with E-state index in [4.69, 9.17) is 10.2 Å². The van der Waals surface area contributed by atoms with Crippen molar-refractivity contribution in [3.05, 3.63) is 24.0 Å². The molecule has 4 N–H and O–H groups in total. The molecule has 0 fully saturated rings. The van der Waals surface area contributed by atoms with Gasteiger partial charge in [-0.25, -0.2) is 23.3 Å². The molecule has 0 spiro atoms. The van der Waals surface area contributed by atoms with E-state index < -0.39 is 16.0 Å². The number of pyridine rings is 1. The molecule has 1 aromatic rings. The fourth-order valence-corrected chi connectivity index (χ4v) is 1.35. The van der Waals surface area contributed by atoms with E-state index in [1.54, 1.807) is 0 Å². The van der Waals surface area contributed by atoms with Crippen LogP contribution in [0.25, 0.3) is 0 Å². The highest BCUT2D eigenvalue weighted by molar-refractivity contribution is 7.89. The van der Waals surface area contributed by atoms with Crippen molar-refractivity contribution in [1.82, 2.24) is 4.98 Å². The molecule has 1 rings (SSSR count). The maximum atomic E-state index is 10.6. The number of nitrogens with two attached hydrogens (primary N) is 1. The molecule has 0 unspecified atom stereocenters. The van der Waals surface area contributed by atoms with Crippen LogP contribution in [0.2, 0.25) is 0 Å². The van der Waals surface area contributed by atoms with Gasteiger partial charge < -0.3 is 10.4 Å². The average molecular weight is 245 g/mol. The second-order valence-electron chi connectivity index (χ2n) is 3.03. The van der Waals surface area contributed by atoms with Crippen molar-refractivity contribution >= 4 is 21.7 Å². The number of aromatic nitrogens is 1. The van der Waals surface area contributed by atoms with E-state index in [1.807, 2.05) is 0 Å². The van der Waals surface area contributed by atoms with Gasteiger partial charge in [0.05, 0.1) is 17.6 Å². The monoisotopic (exact) mass is 245 g/mol. The van der Waals surface area contributed by atoms with Gasteiger partial charge in [0.2, 0.25) is 10.0 Å². The molecule has 0 amide bonds. The highest BCUT2D eigenvalue weighted by atomic mass is 32.2.